The zero-order valence-corrected chi connectivity index (χ0v) is 73.6. The Labute approximate surface area is 962 Å². The molecule has 96 heavy (non-hydrogen) atoms. The predicted octanol–water partition coefficient (Wildman–Crippen LogP) is 28.5. The quantitative estimate of drug-likeness (QED) is 0.190. The van der Waals surface area contributed by atoms with E-state index >= 15 is 0 Å². The van der Waals surface area contributed by atoms with Gasteiger partial charge < -0.3 is 9.47 Å². The zero-order valence-electron chi connectivity index (χ0n) is 65.1. The fourth-order valence-corrected chi connectivity index (χ4v) is 15.8. The summed E-state index contributed by atoms with van der Waals surface area (Å²) in [5, 5.41) is 5.24. The van der Waals surface area contributed by atoms with Crippen LogP contribution in [0.15, 0.2) is 97.1 Å². The van der Waals surface area contributed by atoms with Gasteiger partial charge in [-0.05, 0) is 131 Å². The van der Waals surface area contributed by atoms with Crippen molar-refractivity contribution in [2.45, 2.75) is 325 Å². The second kappa shape index (κ2) is 104. The molecule has 0 aliphatic heterocycles. The molecule has 0 spiro atoms. The van der Waals surface area contributed by atoms with E-state index in [2.05, 4.69) is 134 Å². The average molecular weight is 1650 g/mol. The minimum absolute atomic E-state index is 0. The van der Waals surface area contributed by atoms with E-state index in [-0.39, 0.29) is 453 Å². The third kappa shape index (κ3) is 59.1. The third-order valence-corrected chi connectivity index (χ3v) is 19.3. The summed E-state index contributed by atoms with van der Waals surface area (Å²) in [5.41, 5.74) is 1.40. The molecule has 2 nitrogen and oxygen atoms in total. The molecule has 8 fully saturated rings. The van der Waals surface area contributed by atoms with Gasteiger partial charge in [0.1, 0.15) is 6.79 Å². The number of benzene rings is 4. The molecular formula is C82H150Ar12O2. The van der Waals surface area contributed by atoms with Crippen LogP contribution in [0.25, 0.3) is 21.5 Å². The fraction of sp³-hybridized carbons (Fsp3) is 0.756. The van der Waals surface area contributed by atoms with Gasteiger partial charge in [0.15, 0.2) is 0 Å². The van der Waals surface area contributed by atoms with Crippen LogP contribution in [0.3, 0.4) is 0 Å². The fourth-order valence-electron chi connectivity index (χ4n) is 15.8. The van der Waals surface area contributed by atoms with E-state index in [0.717, 1.165) is 52.8 Å². The number of ether oxygens (including phenoxy) is 2. The van der Waals surface area contributed by atoms with Gasteiger partial charge in [-0.25, -0.2) is 0 Å². The number of hydrogen-bond donors (Lipinski definition) is 0. The smallest absolute Gasteiger partial charge is 0.145 e. The Hall–Kier alpha value is 12.4. The Kier molecular flexibility index (Phi) is 155. The van der Waals surface area contributed by atoms with Gasteiger partial charge in [-0.3, -0.25) is 0 Å². The second-order valence-electron chi connectivity index (χ2n) is 23.5. The van der Waals surface area contributed by atoms with Gasteiger partial charge in [0.25, 0.3) is 0 Å². The Morgan fingerprint density at radius 1 is 0.260 bits per heavy atom. The summed E-state index contributed by atoms with van der Waals surface area (Å²) in [6.45, 7) is 42.7. The average Bonchev–Trinajstić information content (AvgIpc) is 1.60. The zero-order chi connectivity index (χ0) is 63.9. The van der Waals surface area contributed by atoms with E-state index in [4.69, 9.17) is 0 Å². The van der Waals surface area contributed by atoms with Crippen LogP contribution in [-0.2, 0) is 9.47 Å². The number of fused-ring (bicyclic) bond motifs is 8. The van der Waals surface area contributed by atoms with Crippen LogP contribution in [0.5, 0.6) is 0 Å². The first-order chi connectivity index (χ1) is 41.3. The van der Waals surface area contributed by atoms with Crippen LogP contribution in [-0.4, -0.2) is 21.0 Å². The first-order valence-electron chi connectivity index (χ1n) is 37.2. The van der Waals surface area contributed by atoms with Crippen LogP contribution < -0.4 is 0 Å². The van der Waals surface area contributed by atoms with Gasteiger partial charge in [-0.2, -0.15) is 0 Å². The topological polar surface area (TPSA) is 18.5 Å². The van der Waals surface area contributed by atoms with Gasteiger partial charge in [-0.1, -0.05) is 370 Å². The SMILES string of the molecule is C1CCCCC1.C1CCCCC1.CC.CC.CC.CC.CC.CC.CC.CC.CC1(C)C2CCCCC2C2CCCCC21.CCC1(C)C2CCCCC2C2CCCCC21.COCOC.[Ar].[Ar].[Ar].[Ar].[Ar].[Ar].[Ar].[Ar].[Ar].[Ar].[Ar].[Ar].c1ccc2ccccc2c1.c1ccc2ccccc2c1. The summed E-state index contributed by atoms with van der Waals surface area (Å²) >= 11 is 0. The van der Waals surface area contributed by atoms with E-state index in [0.29, 0.717) is 12.2 Å². The molecule has 8 aliphatic carbocycles. The maximum atomic E-state index is 4.47. The Morgan fingerprint density at radius 3 is 0.573 bits per heavy atom. The first kappa shape index (κ1) is 143. The molecule has 8 saturated carbocycles. The van der Waals surface area contributed by atoms with Crippen LogP contribution in [0.2, 0.25) is 0 Å². The number of methoxy groups -OCH3 is 2. The maximum Gasteiger partial charge on any atom is 0.145 e. The normalized spacial score (nSPS) is 22.3. The van der Waals surface area contributed by atoms with Crippen molar-refractivity contribution < 1.29 is 462 Å². The van der Waals surface area contributed by atoms with Crippen molar-refractivity contribution in [3.05, 3.63) is 97.1 Å². The summed E-state index contributed by atoms with van der Waals surface area (Å²) in [4.78, 5) is 0. The minimum Gasteiger partial charge on any atom is -0.359 e. The molecule has 0 radical (unpaired) electrons. The van der Waals surface area contributed by atoms with E-state index in [1.807, 2.05) is 111 Å². The van der Waals surface area contributed by atoms with Crippen LogP contribution >= 0.6 is 0 Å². The number of hydrogen-bond acceptors (Lipinski definition) is 2. The molecule has 0 aromatic heterocycles. The molecule has 8 aliphatic rings. The Balaban J connectivity index is -0.0000000594. The molecule has 0 saturated heterocycles. The molecule has 0 bridgehead atoms. The van der Waals surface area contributed by atoms with Gasteiger partial charge >= 0.3 is 0 Å². The molecule has 4 aromatic carbocycles. The minimum atomic E-state index is 0. The van der Waals surface area contributed by atoms with Crippen molar-refractivity contribution in [2.24, 2.45) is 58.2 Å². The molecule has 14 heteroatoms. The van der Waals surface area contributed by atoms with Gasteiger partial charge in [-0.15, -0.1) is 0 Å². The van der Waals surface area contributed by atoms with Crippen LogP contribution in [0.1, 0.15) is 325 Å². The number of rotatable bonds is 3. The van der Waals surface area contributed by atoms with Crippen LogP contribution in [0.4, 0.5) is 0 Å². The molecule has 0 N–H and O–H groups in total. The van der Waals surface area contributed by atoms with Crippen molar-refractivity contribution in [2.75, 3.05) is 21.0 Å². The molecule has 4 aromatic rings. The molecular weight excluding hydrogens is 1500 g/mol. The monoisotopic (exact) mass is 1650 g/mol. The van der Waals surface area contributed by atoms with Gasteiger partial charge in [0, 0.05) is 467 Å². The summed E-state index contributed by atoms with van der Waals surface area (Å²) < 4.78 is 8.94. The maximum absolute atomic E-state index is 4.47. The van der Waals surface area contributed by atoms with Crippen molar-refractivity contribution in [1.82, 2.24) is 0 Å². The Bertz CT molecular complexity index is 1690. The second-order valence-corrected chi connectivity index (χ2v) is 23.5. The predicted molar refractivity (Wildman–Crippen MR) is 387 cm³/mol. The molecule has 8 atom stereocenters. The van der Waals surface area contributed by atoms with Crippen molar-refractivity contribution >= 4 is 21.5 Å². The summed E-state index contributed by atoms with van der Waals surface area (Å²) in [6.07, 6.45) is 44.1. The Morgan fingerprint density at radius 2 is 0.417 bits per heavy atom. The summed E-state index contributed by atoms with van der Waals surface area (Å²) in [6, 6.07) is 33.4. The summed E-state index contributed by atoms with van der Waals surface area (Å²) in [5.74, 6) is 8.86. The molecule has 12 rings (SSSR count). The van der Waals surface area contributed by atoms with E-state index in [9.17, 15) is 0 Å². The van der Waals surface area contributed by atoms with Gasteiger partial charge in [0.05, 0.1) is 0 Å². The summed E-state index contributed by atoms with van der Waals surface area (Å²) in [7, 11) is 3.17. The third-order valence-electron chi connectivity index (χ3n) is 19.3. The van der Waals surface area contributed by atoms with Crippen molar-refractivity contribution in [1.29, 1.82) is 0 Å². The first-order valence-corrected chi connectivity index (χ1v) is 37.2. The largest absolute Gasteiger partial charge is 0.359 e. The molecule has 0 amide bonds. The van der Waals surface area contributed by atoms with Gasteiger partial charge in [0.2, 0.25) is 0 Å². The standard InChI is InChI=1S/C16H28.C15H26.2C10H8.2C6H12.C3H8O2.8C2H6.12Ar/c1-3-16(2)14-10-6-4-8-12(14)13-9-5-7-11-15(13)16;1-15(2)13-9-5-3-7-11(13)12-8-4-6-10-14(12)15;2*1-2-6-10-8-4-3-7-9(10)5-1;2*1-2-4-6-5-3-1;1-4-3-5-2;8*1-2;;;;;;;;;;;;/h12-15H,3-11H2,1-2H3;11-14H,3-10H2,1-2H3;2*1-8H;2*1-6H2;3H2,1-2H3;8*1-2H3;;;;;;;;;;;;. The van der Waals surface area contributed by atoms with Crippen molar-refractivity contribution in [3.63, 3.8) is 0 Å². The van der Waals surface area contributed by atoms with E-state index in [1.54, 1.807) is 65.6 Å². The van der Waals surface area contributed by atoms with Crippen LogP contribution in [0, 0.1) is 511 Å². The molecule has 0 heterocycles. The molecule has 8 unspecified atom stereocenters. The molecule has 586 valence electrons. The van der Waals surface area contributed by atoms with E-state index in [1.165, 1.54) is 156 Å². The van der Waals surface area contributed by atoms with E-state index < -0.39 is 0 Å². The van der Waals surface area contributed by atoms with Crippen molar-refractivity contribution in [3.8, 4) is 0 Å².